The molecular formula is C14H15NO3. The van der Waals surface area contributed by atoms with Crippen molar-refractivity contribution in [2.75, 3.05) is 5.32 Å². The molecule has 0 atom stereocenters. The summed E-state index contributed by atoms with van der Waals surface area (Å²) in [6.07, 6.45) is 0. The maximum Gasteiger partial charge on any atom is 0.344 e. The van der Waals surface area contributed by atoms with Crippen LogP contribution in [-0.4, -0.2) is 17.5 Å². The Kier molecular flexibility index (Phi) is 2.95. The average Bonchev–Trinajstić information content (AvgIpc) is 2.49. The fourth-order valence-corrected chi connectivity index (χ4v) is 1.79. The van der Waals surface area contributed by atoms with Crippen LogP contribution in [0.25, 0.3) is 0 Å². The Morgan fingerprint density at radius 3 is 2.33 bits per heavy atom. The molecule has 0 fully saturated rings. The van der Waals surface area contributed by atoms with Crippen LogP contribution >= 0.6 is 0 Å². The zero-order valence-electron chi connectivity index (χ0n) is 10.6. The number of cyclic esters (lactones) is 1. The summed E-state index contributed by atoms with van der Waals surface area (Å²) < 4.78 is 5.16. The highest BCUT2D eigenvalue weighted by Gasteiger charge is 2.40. The van der Waals surface area contributed by atoms with Gasteiger partial charge in [0.2, 0.25) is 0 Å². The van der Waals surface area contributed by atoms with Crippen molar-refractivity contribution >= 4 is 17.6 Å². The van der Waals surface area contributed by atoms with E-state index < -0.39 is 17.5 Å². The Balaban J connectivity index is 2.25. The van der Waals surface area contributed by atoms with Gasteiger partial charge < -0.3 is 10.1 Å². The first-order valence-corrected chi connectivity index (χ1v) is 5.73. The summed E-state index contributed by atoms with van der Waals surface area (Å²) in [4.78, 5) is 23.7. The lowest BCUT2D eigenvalue weighted by atomic mass is 9.97. The Morgan fingerprint density at radius 2 is 1.83 bits per heavy atom. The minimum atomic E-state index is -0.708. The number of carbonyl (C=O) groups is 2. The van der Waals surface area contributed by atoms with Crippen molar-refractivity contribution in [3.8, 4) is 0 Å². The lowest BCUT2D eigenvalue weighted by molar-refractivity contribution is -0.145. The van der Waals surface area contributed by atoms with Gasteiger partial charge in [0, 0.05) is 5.69 Å². The van der Waals surface area contributed by atoms with Crippen LogP contribution in [0.15, 0.2) is 41.5 Å². The van der Waals surface area contributed by atoms with E-state index in [1.54, 1.807) is 32.9 Å². The Morgan fingerprint density at radius 1 is 1.22 bits per heavy atom. The molecule has 18 heavy (non-hydrogen) atoms. The van der Waals surface area contributed by atoms with E-state index in [1.807, 2.05) is 18.2 Å². The normalized spacial score (nSPS) is 17.6. The van der Waals surface area contributed by atoms with Crippen LogP contribution in [0, 0.1) is 0 Å². The van der Waals surface area contributed by atoms with Crippen LogP contribution < -0.4 is 5.32 Å². The van der Waals surface area contributed by atoms with E-state index in [0.29, 0.717) is 11.3 Å². The Hall–Kier alpha value is -2.10. The summed E-state index contributed by atoms with van der Waals surface area (Å²) in [7, 11) is 0. The van der Waals surface area contributed by atoms with Gasteiger partial charge in [-0.05, 0) is 38.5 Å². The molecule has 1 heterocycles. The van der Waals surface area contributed by atoms with E-state index in [9.17, 15) is 9.59 Å². The molecule has 0 aromatic heterocycles. The standard InChI is InChI=1S/C14H15NO3/c1-9-11(13(17)18-14(9,2)3)12(16)15-10-7-5-4-6-8-10/h4-8H,1-3H3,(H,15,16). The van der Waals surface area contributed by atoms with Crippen LogP contribution in [0.4, 0.5) is 5.69 Å². The first-order chi connectivity index (χ1) is 8.42. The molecule has 1 amide bonds. The number of hydrogen-bond acceptors (Lipinski definition) is 3. The number of anilines is 1. The molecule has 1 aliphatic heterocycles. The van der Waals surface area contributed by atoms with Crippen molar-refractivity contribution in [3.05, 3.63) is 41.5 Å². The Bertz CT molecular complexity index is 529. The molecule has 1 N–H and O–H groups in total. The molecule has 0 spiro atoms. The predicted octanol–water partition coefficient (Wildman–Crippen LogP) is 2.28. The molecule has 0 bridgehead atoms. The highest BCUT2D eigenvalue weighted by atomic mass is 16.6. The minimum absolute atomic E-state index is 0.101. The van der Waals surface area contributed by atoms with E-state index in [-0.39, 0.29) is 5.57 Å². The van der Waals surface area contributed by atoms with Gasteiger partial charge in [0.1, 0.15) is 11.2 Å². The number of carbonyl (C=O) groups excluding carboxylic acids is 2. The van der Waals surface area contributed by atoms with Crippen molar-refractivity contribution in [2.45, 2.75) is 26.4 Å². The lowest BCUT2D eigenvalue weighted by Crippen LogP contribution is -2.21. The van der Waals surface area contributed by atoms with E-state index in [0.717, 1.165) is 0 Å². The average molecular weight is 245 g/mol. The second-order valence-corrected chi connectivity index (χ2v) is 4.72. The van der Waals surface area contributed by atoms with Gasteiger partial charge in [-0.25, -0.2) is 4.79 Å². The summed E-state index contributed by atoms with van der Waals surface area (Å²) >= 11 is 0. The summed E-state index contributed by atoms with van der Waals surface area (Å²) in [6, 6.07) is 9.01. The summed E-state index contributed by atoms with van der Waals surface area (Å²) in [5.74, 6) is -0.986. The maximum absolute atomic E-state index is 12.1. The zero-order chi connectivity index (χ0) is 13.3. The van der Waals surface area contributed by atoms with Gasteiger partial charge in [0.15, 0.2) is 0 Å². The quantitative estimate of drug-likeness (QED) is 0.642. The van der Waals surface area contributed by atoms with E-state index in [2.05, 4.69) is 5.32 Å². The van der Waals surface area contributed by atoms with Crippen molar-refractivity contribution in [2.24, 2.45) is 0 Å². The smallest absolute Gasteiger partial charge is 0.344 e. The fourth-order valence-electron chi connectivity index (χ4n) is 1.79. The summed E-state index contributed by atoms with van der Waals surface area (Å²) in [5, 5.41) is 2.68. The van der Waals surface area contributed by atoms with Gasteiger partial charge in [-0.2, -0.15) is 0 Å². The Labute approximate surface area is 106 Å². The van der Waals surface area contributed by atoms with Crippen LogP contribution in [0.5, 0.6) is 0 Å². The zero-order valence-corrected chi connectivity index (χ0v) is 10.6. The monoisotopic (exact) mass is 245 g/mol. The second-order valence-electron chi connectivity index (χ2n) is 4.72. The molecule has 0 unspecified atom stereocenters. The van der Waals surface area contributed by atoms with Gasteiger partial charge in [0.05, 0.1) is 0 Å². The molecule has 4 heteroatoms. The van der Waals surface area contributed by atoms with E-state index in [4.69, 9.17) is 4.74 Å². The molecule has 0 saturated carbocycles. The molecular weight excluding hydrogens is 230 g/mol. The third kappa shape index (κ3) is 2.14. The predicted molar refractivity (Wildman–Crippen MR) is 67.9 cm³/mol. The van der Waals surface area contributed by atoms with Crippen LogP contribution in [0.3, 0.4) is 0 Å². The lowest BCUT2D eigenvalue weighted by Gasteiger charge is -2.17. The highest BCUT2D eigenvalue weighted by Crippen LogP contribution is 2.32. The molecule has 94 valence electrons. The third-order valence-electron chi connectivity index (χ3n) is 3.09. The number of amides is 1. The van der Waals surface area contributed by atoms with Crippen molar-refractivity contribution < 1.29 is 14.3 Å². The van der Waals surface area contributed by atoms with Gasteiger partial charge in [0.25, 0.3) is 5.91 Å². The number of hydrogen-bond donors (Lipinski definition) is 1. The number of ether oxygens (including phenoxy) is 1. The molecule has 1 aromatic carbocycles. The van der Waals surface area contributed by atoms with Gasteiger partial charge in [-0.3, -0.25) is 4.79 Å². The topological polar surface area (TPSA) is 55.4 Å². The van der Waals surface area contributed by atoms with Gasteiger partial charge in [-0.15, -0.1) is 0 Å². The number of para-hydroxylation sites is 1. The maximum atomic E-state index is 12.1. The number of nitrogens with one attached hydrogen (secondary N) is 1. The first kappa shape index (κ1) is 12.4. The molecule has 1 aromatic rings. The minimum Gasteiger partial charge on any atom is -0.451 e. The number of benzene rings is 1. The second kappa shape index (κ2) is 4.29. The van der Waals surface area contributed by atoms with Gasteiger partial charge in [-0.1, -0.05) is 18.2 Å². The molecule has 4 nitrogen and oxygen atoms in total. The van der Waals surface area contributed by atoms with Crippen molar-refractivity contribution in [1.82, 2.24) is 0 Å². The van der Waals surface area contributed by atoms with Crippen molar-refractivity contribution in [1.29, 1.82) is 0 Å². The molecule has 0 radical (unpaired) electrons. The largest absolute Gasteiger partial charge is 0.451 e. The molecule has 1 aliphatic rings. The molecule has 0 aliphatic carbocycles. The SMILES string of the molecule is CC1=C(C(=O)Nc2ccccc2)C(=O)OC1(C)C. The number of esters is 1. The third-order valence-corrected chi connectivity index (χ3v) is 3.09. The first-order valence-electron chi connectivity index (χ1n) is 5.73. The van der Waals surface area contributed by atoms with Crippen LogP contribution in [0.1, 0.15) is 20.8 Å². The summed E-state index contributed by atoms with van der Waals surface area (Å²) in [5.41, 5.74) is 0.700. The van der Waals surface area contributed by atoms with Crippen LogP contribution in [-0.2, 0) is 14.3 Å². The molecule has 2 rings (SSSR count). The number of rotatable bonds is 2. The fraction of sp³-hybridized carbons (Fsp3) is 0.286. The van der Waals surface area contributed by atoms with Crippen LogP contribution in [0.2, 0.25) is 0 Å². The molecule has 0 saturated heterocycles. The summed E-state index contributed by atoms with van der Waals surface area (Å²) in [6.45, 7) is 5.27. The van der Waals surface area contributed by atoms with E-state index >= 15 is 0 Å². The van der Waals surface area contributed by atoms with Crippen molar-refractivity contribution in [3.63, 3.8) is 0 Å². The van der Waals surface area contributed by atoms with E-state index in [1.165, 1.54) is 0 Å². The van der Waals surface area contributed by atoms with Gasteiger partial charge >= 0.3 is 5.97 Å². The highest BCUT2D eigenvalue weighted by molar-refractivity contribution is 6.23.